The summed E-state index contributed by atoms with van der Waals surface area (Å²) in [7, 11) is 0. The van der Waals surface area contributed by atoms with Gasteiger partial charge in [-0.2, -0.15) is 0 Å². The molecule has 0 bridgehead atoms. The number of rotatable bonds is 4. The molecule has 0 radical (unpaired) electrons. The molecule has 26 heavy (non-hydrogen) atoms. The molecule has 0 spiro atoms. The minimum atomic E-state index is -0.431. The molecular weight excluding hydrogens is 331 g/mol. The number of benzene rings is 1. The highest BCUT2D eigenvalue weighted by Crippen LogP contribution is 2.22. The van der Waals surface area contributed by atoms with E-state index in [9.17, 15) is 9.18 Å². The van der Waals surface area contributed by atoms with Gasteiger partial charge < -0.3 is 5.32 Å². The van der Waals surface area contributed by atoms with Gasteiger partial charge in [0.25, 0.3) is 5.91 Å². The topological polar surface area (TPSA) is 67.8 Å². The van der Waals surface area contributed by atoms with E-state index >= 15 is 0 Å². The van der Waals surface area contributed by atoms with Crippen molar-refractivity contribution in [3.63, 3.8) is 0 Å². The van der Waals surface area contributed by atoms with Gasteiger partial charge in [0.1, 0.15) is 22.9 Å². The molecule has 0 saturated carbocycles. The second-order valence-electron chi connectivity index (χ2n) is 6.52. The van der Waals surface area contributed by atoms with E-state index in [2.05, 4.69) is 20.3 Å². The second kappa shape index (κ2) is 6.78. The normalized spacial score (nSPS) is 13.0. The number of nitrogens with zero attached hydrogens (tertiary/aromatic N) is 3. The van der Waals surface area contributed by atoms with E-state index in [1.807, 2.05) is 6.92 Å². The number of nitrogens with one attached hydrogen (secondary N) is 1. The highest BCUT2D eigenvalue weighted by Gasteiger charge is 2.17. The molecule has 1 aliphatic rings. The lowest BCUT2D eigenvalue weighted by Crippen LogP contribution is -2.27. The molecule has 3 aromatic rings. The standard InChI is InChI=1S/C20H19FN4O/c1-12-14-5-3-7-16(14)24-18(23-12)10-11-22-20(26)17-9-8-13-4-2-6-15(21)19(13)25-17/h2,4,6,8-9H,3,5,7,10-11H2,1H3,(H,22,26). The van der Waals surface area contributed by atoms with Crippen molar-refractivity contribution in [3.05, 3.63) is 64.6 Å². The van der Waals surface area contributed by atoms with Gasteiger partial charge in [-0.3, -0.25) is 4.79 Å². The Balaban J connectivity index is 1.43. The third-order valence-electron chi connectivity index (χ3n) is 4.72. The van der Waals surface area contributed by atoms with E-state index in [1.54, 1.807) is 24.3 Å². The molecule has 132 valence electrons. The Morgan fingerprint density at radius 1 is 1.15 bits per heavy atom. The summed E-state index contributed by atoms with van der Waals surface area (Å²) < 4.78 is 13.8. The van der Waals surface area contributed by atoms with Gasteiger partial charge >= 0.3 is 0 Å². The fourth-order valence-corrected chi connectivity index (χ4v) is 3.41. The lowest BCUT2D eigenvalue weighted by atomic mass is 10.2. The minimum Gasteiger partial charge on any atom is -0.350 e. The molecule has 1 aromatic carbocycles. The fourth-order valence-electron chi connectivity index (χ4n) is 3.41. The van der Waals surface area contributed by atoms with Crippen LogP contribution in [0.25, 0.3) is 10.9 Å². The van der Waals surface area contributed by atoms with E-state index < -0.39 is 5.82 Å². The van der Waals surface area contributed by atoms with Crippen molar-refractivity contribution >= 4 is 16.8 Å². The summed E-state index contributed by atoms with van der Waals surface area (Å²) in [6, 6.07) is 8.03. The molecule has 5 nitrogen and oxygen atoms in total. The van der Waals surface area contributed by atoms with Crippen LogP contribution >= 0.6 is 0 Å². The van der Waals surface area contributed by atoms with Crippen LogP contribution in [0.4, 0.5) is 4.39 Å². The van der Waals surface area contributed by atoms with Gasteiger partial charge in [0.15, 0.2) is 0 Å². The molecule has 2 aromatic heterocycles. The quantitative estimate of drug-likeness (QED) is 0.786. The number of aromatic nitrogens is 3. The fraction of sp³-hybridized carbons (Fsp3) is 0.300. The molecule has 4 rings (SSSR count). The lowest BCUT2D eigenvalue weighted by molar-refractivity contribution is 0.0949. The summed E-state index contributed by atoms with van der Waals surface area (Å²) in [4.78, 5) is 25.6. The number of fused-ring (bicyclic) bond motifs is 2. The second-order valence-corrected chi connectivity index (χ2v) is 6.52. The molecule has 2 heterocycles. The van der Waals surface area contributed by atoms with Crippen molar-refractivity contribution in [3.8, 4) is 0 Å². The van der Waals surface area contributed by atoms with Crippen molar-refractivity contribution in [2.45, 2.75) is 32.6 Å². The van der Waals surface area contributed by atoms with Gasteiger partial charge in [0.05, 0.1) is 0 Å². The first kappa shape index (κ1) is 16.6. The number of halogens is 1. The summed E-state index contributed by atoms with van der Waals surface area (Å²) in [6.45, 7) is 2.43. The average Bonchev–Trinajstić information content (AvgIpc) is 3.11. The molecule has 1 aliphatic carbocycles. The van der Waals surface area contributed by atoms with Crippen molar-refractivity contribution in [1.82, 2.24) is 20.3 Å². The smallest absolute Gasteiger partial charge is 0.269 e. The summed E-state index contributed by atoms with van der Waals surface area (Å²) in [5.74, 6) is -0.00633. The van der Waals surface area contributed by atoms with E-state index in [0.29, 0.717) is 18.4 Å². The maximum absolute atomic E-state index is 13.8. The molecule has 0 fully saturated rings. The van der Waals surface area contributed by atoms with E-state index in [1.165, 1.54) is 11.6 Å². The minimum absolute atomic E-state index is 0.202. The van der Waals surface area contributed by atoms with Gasteiger partial charge in [0.2, 0.25) is 0 Å². The largest absolute Gasteiger partial charge is 0.350 e. The summed E-state index contributed by atoms with van der Waals surface area (Å²) in [5, 5.41) is 3.48. The van der Waals surface area contributed by atoms with Crippen LogP contribution < -0.4 is 5.32 Å². The third kappa shape index (κ3) is 3.14. The number of hydrogen-bond acceptors (Lipinski definition) is 4. The molecule has 1 N–H and O–H groups in total. The summed E-state index contributed by atoms with van der Waals surface area (Å²) in [6.07, 6.45) is 3.75. The van der Waals surface area contributed by atoms with Crippen LogP contribution in [-0.2, 0) is 19.3 Å². The van der Waals surface area contributed by atoms with Crippen LogP contribution in [0.5, 0.6) is 0 Å². The Labute approximate surface area is 150 Å². The highest BCUT2D eigenvalue weighted by atomic mass is 19.1. The van der Waals surface area contributed by atoms with Gasteiger partial charge in [-0.05, 0) is 43.9 Å². The van der Waals surface area contributed by atoms with Crippen LogP contribution in [0, 0.1) is 12.7 Å². The number of carbonyl (C=O) groups excluding carboxylic acids is 1. The van der Waals surface area contributed by atoms with Crippen LogP contribution in [0.1, 0.15) is 39.7 Å². The third-order valence-corrected chi connectivity index (χ3v) is 4.72. The Kier molecular flexibility index (Phi) is 4.32. The molecule has 0 unspecified atom stereocenters. The van der Waals surface area contributed by atoms with Crippen molar-refractivity contribution in [1.29, 1.82) is 0 Å². The number of aryl methyl sites for hydroxylation is 2. The number of para-hydroxylation sites is 1. The number of amides is 1. The Bertz CT molecular complexity index is 1000. The Morgan fingerprint density at radius 2 is 2.04 bits per heavy atom. The van der Waals surface area contributed by atoms with Gasteiger partial charge in [-0.15, -0.1) is 0 Å². The maximum atomic E-state index is 13.8. The van der Waals surface area contributed by atoms with E-state index in [-0.39, 0.29) is 17.1 Å². The van der Waals surface area contributed by atoms with Crippen molar-refractivity contribution < 1.29 is 9.18 Å². The summed E-state index contributed by atoms with van der Waals surface area (Å²) in [5.41, 5.74) is 3.87. The number of hydrogen-bond donors (Lipinski definition) is 1. The first-order valence-electron chi connectivity index (χ1n) is 8.80. The zero-order chi connectivity index (χ0) is 18.1. The number of pyridine rings is 1. The van der Waals surface area contributed by atoms with E-state index in [4.69, 9.17) is 0 Å². The Hall–Kier alpha value is -2.89. The average molecular weight is 350 g/mol. The molecule has 6 heteroatoms. The first-order chi connectivity index (χ1) is 12.6. The maximum Gasteiger partial charge on any atom is 0.269 e. The van der Waals surface area contributed by atoms with Crippen molar-refractivity contribution in [2.24, 2.45) is 0 Å². The lowest BCUT2D eigenvalue weighted by Gasteiger charge is -2.08. The SMILES string of the molecule is Cc1nc(CCNC(=O)c2ccc3cccc(F)c3n2)nc2c1CCC2. The summed E-state index contributed by atoms with van der Waals surface area (Å²) >= 11 is 0. The van der Waals surface area contributed by atoms with Gasteiger partial charge in [0, 0.05) is 29.7 Å². The molecule has 0 saturated heterocycles. The molecule has 0 atom stereocenters. The predicted molar refractivity (Wildman–Crippen MR) is 96.5 cm³/mol. The van der Waals surface area contributed by atoms with Crippen LogP contribution in [0.3, 0.4) is 0 Å². The zero-order valence-corrected chi connectivity index (χ0v) is 14.6. The highest BCUT2D eigenvalue weighted by molar-refractivity contribution is 5.94. The van der Waals surface area contributed by atoms with Crippen LogP contribution in [-0.4, -0.2) is 27.4 Å². The van der Waals surface area contributed by atoms with Gasteiger partial charge in [-0.1, -0.05) is 18.2 Å². The van der Waals surface area contributed by atoms with E-state index in [0.717, 1.165) is 36.5 Å². The molecule has 0 aliphatic heterocycles. The number of carbonyl (C=O) groups is 1. The zero-order valence-electron chi connectivity index (χ0n) is 14.6. The first-order valence-corrected chi connectivity index (χ1v) is 8.80. The van der Waals surface area contributed by atoms with Crippen LogP contribution in [0.15, 0.2) is 30.3 Å². The van der Waals surface area contributed by atoms with Crippen molar-refractivity contribution in [2.75, 3.05) is 6.54 Å². The molecule has 1 amide bonds. The molecular formula is C20H19FN4O. The predicted octanol–water partition coefficient (Wildman–Crippen LogP) is 2.93. The van der Waals surface area contributed by atoms with Gasteiger partial charge in [-0.25, -0.2) is 19.3 Å². The monoisotopic (exact) mass is 350 g/mol. The Morgan fingerprint density at radius 3 is 2.92 bits per heavy atom. The van der Waals surface area contributed by atoms with Crippen LogP contribution in [0.2, 0.25) is 0 Å².